The number of aromatic nitrogens is 1. The van der Waals surface area contributed by atoms with E-state index in [0.717, 1.165) is 69.5 Å². The molecule has 1 aromatic heterocycles. The first-order valence-electron chi connectivity index (χ1n) is 9.52. The summed E-state index contributed by atoms with van der Waals surface area (Å²) in [4.78, 5) is 21.9. The van der Waals surface area contributed by atoms with E-state index in [1.165, 1.54) is 4.88 Å². The average Bonchev–Trinajstić information content (AvgIpc) is 3.17. The molecule has 2 fully saturated rings. The summed E-state index contributed by atoms with van der Waals surface area (Å²) in [6.07, 6.45) is 4.25. The molecule has 1 atom stereocenters. The van der Waals surface area contributed by atoms with Crippen molar-refractivity contribution in [2.24, 2.45) is 0 Å². The highest BCUT2D eigenvalue weighted by Crippen LogP contribution is 2.30. The molecule has 0 saturated carbocycles. The van der Waals surface area contributed by atoms with Gasteiger partial charge >= 0.3 is 5.97 Å². The van der Waals surface area contributed by atoms with Crippen LogP contribution in [0, 0.1) is 0 Å². The van der Waals surface area contributed by atoms with E-state index in [0.29, 0.717) is 11.5 Å². The quantitative estimate of drug-likeness (QED) is 0.851. The van der Waals surface area contributed by atoms with Crippen LogP contribution in [0.4, 0.5) is 5.13 Å². The molecule has 7 heteroatoms. The van der Waals surface area contributed by atoms with Gasteiger partial charge in [0.1, 0.15) is 0 Å². The Bertz CT molecular complexity index is 788. The van der Waals surface area contributed by atoms with Crippen molar-refractivity contribution in [3.05, 3.63) is 46.5 Å². The van der Waals surface area contributed by atoms with E-state index in [4.69, 9.17) is 4.74 Å². The van der Waals surface area contributed by atoms with Crippen molar-refractivity contribution in [2.45, 2.75) is 25.3 Å². The second-order valence-corrected chi connectivity index (χ2v) is 8.31. The van der Waals surface area contributed by atoms with Crippen LogP contribution in [0.25, 0.3) is 0 Å². The molecule has 2 saturated heterocycles. The van der Waals surface area contributed by atoms with Gasteiger partial charge in [-0.05, 0) is 43.0 Å². The van der Waals surface area contributed by atoms with Crippen LogP contribution < -0.4 is 4.90 Å². The molecule has 0 amide bonds. The maximum Gasteiger partial charge on any atom is 0.335 e. The number of carboxylic acids is 1. The minimum absolute atomic E-state index is 0.377. The SMILES string of the molecule is O=C(O)c1cccc(C2CCCN(Cc3cnc(N4CCOCC4)s3)C2)c1. The van der Waals surface area contributed by atoms with Gasteiger partial charge in [0.05, 0.1) is 18.8 Å². The standard InChI is InChI=1S/C20H25N3O3S/c24-19(25)16-4-1-3-15(11-16)17-5-2-6-22(13-17)14-18-12-21-20(27-18)23-7-9-26-10-8-23/h1,3-4,11-12,17H,2,5-10,13-14H2,(H,24,25). The first-order chi connectivity index (χ1) is 13.2. The number of morpholine rings is 1. The number of hydrogen-bond acceptors (Lipinski definition) is 6. The number of thiazole rings is 1. The lowest BCUT2D eigenvalue weighted by molar-refractivity contribution is 0.0696. The number of hydrogen-bond donors (Lipinski definition) is 1. The van der Waals surface area contributed by atoms with Crippen LogP contribution >= 0.6 is 11.3 Å². The van der Waals surface area contributed by atoms with Crippen LogP contribution in [-0.2, 0) is 11.3 Å². The Balaban J connectivity index is 1.39. The predicted molar refractivity (Wildman–Crippen MR) is 106 cm³/mol. The summed E-state index contributed by atoms with van der Waals surface area (Å²) in [5, 5.41) is 10.3. The number of carbonyl (C=O) groups is 1. The number of piperidine rings is 1. The van der Waals surface area contributed by atoms with Gasteiger partial charge in [-0.1, -0.05) is 12.1 Å². The Labute approximate surface area is 163 Å². The summed E-state index contributed by atoms with van der Waals surface area (Å²) in [7, 11) is 0. The molecule has 27 heavy (non-hydrogen) atoms. The van der Waals surface area contributed by atoms with Crippen molar-refractivity contribution >= 4 is 22.4 Å². The van der Waals surface area contributed by atoms with Crippen molar-refractivity contribution in [3.63, 3.8) is 0 Å². The number of ether oxygens (including phenoxy) is 1. The predicted octanol–water partition coefficient (Wildman–Crippen LogP) is 3.06. The largest absolute Gasteiger partial charge is 0.478 e. The number of nitrogens with zero attached hydrogens (tertiary/aromatic N) is 3. The van der Waals surface area contributed by atoms with E-state index in [-0.39, 0.29) is 0 Å². The molecule has 3 heterocycles. The summed E-state index contributed by atoms with van der Waals surface area (Å²) >= 11 is 1.78. The van der Waals surface area contributed by atoms with E-state index in [1.54, 1.807) is 17.4 Å². The minimum atomic E-state index is -0.857. The Morgan fingerprint density at radius 1 is 1.30 bits per heavy atom. The molecule has 2 aliphatic heterocycles. The number of anilines is 1. The third kappa shape index (κ3) is 4.48. The summed E-state index contributed by atoms with van der Waals surface area (Å²) in [6, 6.07) is 7.41. The van der Waals surface area contributed by atoms with Crippen molar-refractivity contribution in [1.82, 2.24) is 9.88 Å². The van der Waals surface area contributed by atoms with E-state index in [2.05, 4.69) is 20.9 Å². The zero-order chi connectivity index (χ0) is 18.6. The van der Waals surface area contributed by atoms with Gasteiger partial charge in [0.2, 0.25) is 0 Å². The van der Waals surface area contributed by atoms with Gasteiger partial charge in [0, 0.05) is 37.3 Å². The van der Waals surface area contributed by atoms with E-state index < -0.39 is 5.97 Å². The molecular weight excluding hydrogens is 362 g/mol. The first-order valence-corrected chi connectivity index (χ1v) is 10.3. The monoisotopic (exact) mass is 387 g/mol. The van der Waals surface area contributed by atoms with Gasteiger partial charge in [0.25, 0.3) is 0 Å². The molecule has 1 aromatic carbocycles. The number of benzene rings is 1. The third-order valence-electron chi connectivity index (χ3n) is 5.31. The molecule has 0 spiro atoms. The molecule has 4 rings (SSSR count). The molecule has 144 valence electrons. The van der Waals surface area contributed by atoms with Gasteiger partial charge in [0.15, 0.2) is 5.13 Å². The summed E-state index contributed by atoms with van der Waals surface area (Å²) in [5.74, 6) is -0.463. The minimum Gasteiger partial charge on any atom is -0.478 e. The van der Waals surface area contributed by atoms with Crippen LogP contribution in [0.15, 0.2) is 30.5 Å². The lowest BCUT2D eigenvalue weighted by Gasteiger charge is -2.32. The first kappa shape index (κ1) is 18.4. The fourth-order valence-corrected chi connectivity index (χ4v) is 4.89. The van der Waals surface area contributed by atoms with E-state index in [9.17, 15) is 9.90 Å². The highest BCUT2D eigenvalue weighted by atomic mass is 32.1. The summed E-state index contributed by atoms with van der Waals surface area (Å²) in [6.45, 7) is 6.35. The van der Waals surface area contributed by atoms with Crippen LogP contribution in [0.3, 0.4) is 0 Å². The molecule has 0 bridgehead atoms. The molecule has 0 aliphatic carbocycles. The Hall–Kier alpha value is -1.96. The van der Waals surface area contributed by atoms with Gasteiger partial charge in [-0.3, -0.25) is 4.90 Å². The second kappa shape index (κ2) is 8.37. The molecule has 1 unspecified atom stereocenters. The zero-order valence-electron chi connectivity index (χ0n) is 15.3. The number of likely N-dealkylation sites (tertiary alicyclic amines) is 1. The normalized spacial score (nSPS) is 21.3. The van der Waals surface area contributed by atoms with Crippen LogP contribution in [0.1, 0.15) is 39.6 Å². The Morgan fingerprint density at radius 3 is 2.96 bits per heavy atom. The highest BCUT2D eigenvalue weighted by molar-refractivity contribution is 7.15. The zero-order valence-corrected chi connectivity index (χ0v) is 16.2. The fourth-order valence-electron chi connectivity index (χ4n) is 3.89. The van der Waals surface area contributed by atoms with Gasteiger partial charge in [-0.15, -0.1) is 11.3 Å². The molecule has 0 radical (unpaired) electrons. The third-order valence-corrected chi connectivity index (χ3v) is 6.36. The van der Waals surface area contributed by atoms with Crippen LogP contribution in [0.5, 0.6) is 0 Å². The van der Waals surface area contributed by atoms with Gasteiger partial charge in [-0.25, -0.2) is 9.78 Å². The smallest absolute Gasteiger partial charge is 0.335 e. The average molecular weight is 388 g/mol. The van der Waals surface area contributed by atoms with Crippen molar-refractivity contribution in [1.29, 1.82) is 0 Å². The van der Waals surface area contributed by atoms with E-state index >= 15 is 0 Å². The molecule has 2 aliphatic rings. The Kier molecular flexibility index (Phi) is 5.71. The van der Waals surface area contributed by atoms with Crippen molar-refractivity contribution in [3.8, 4) is 0 Å². The topological polar surface area (TPSA) is 65.9 Å². The number of aromatic carboxylic acids is 1. The lowest BCUT2D eigenvalue weighted by Crippen LogP contribution is -2.36. The molecule has 2 aromatic rings. The van der Waals surface area contributed by atoms with Crippen LogP contribution in [-0.4, -0.2) is 60.4 Å². The van der Waals surface area contributed by atoms with Crippen molar-refractivity contribution in [2.75, 3.05) is 44.3 Å². The maximum absolute atomic E-state index is 11.2. The van der Waals surface area contributed by atoms with E-state index in [1.807, 2.05) is 18.3 Å². The highest BCUT2D eigenvalue weighted by Gasteiger charge is 2.23. The Morgan fingerprint density at radius 2 is 2.15 bits per heavy atom. The second-order valence-electron chi connectivity index (χ2n) is 7.21. The van der Waals surface area contributed by atoms with Gasteiger partial charge in [-0.2, -0.15) is 0 Å². The number of rotatable bonds is 5. The summed E-state index contributed by atoms with van der Waals surface area (Å²) in [5.41, 5.74) is 1.51. The van der Waals surface area contributed by atoms with Gasteiger partial charge < -0.3 is 14.7 Å². The summed E-state index contributed by atoms with van der Waals surface area (Å²) < 4.78 is 5.42. The lowest BCUT2D eigenvalue weighted by atomic mass is 9.89. The fraction of sp³-hybridized carbons (Fsp3) is 0.500. The van der Waals surface area contributed by atoms with Crippen LogP contribution in [0.2, 0.25) is 0 Å². The maximum atomic E-state index is 11.2. The van der Waals surface area contributed by atoms with Crippen molar-refractivity contribution < 1.29 is 14.6 Å². The molecular formula is C20H25N3O3S. The number of carboxylic acid groups (broad SMARTS) is 1. The molecule has 6 nitrogen and oxygen atoms in total. The molecule has 1 N–H and O–H groups in total.